The number of halogens is 19. The molecule has 38 heavy (non-hydrogen) atoms. The fourth-order valence-corrected chi connectivity index (χ4v) is 3.87. The maximum absolute atomic E-state index is 15.9. The second-order valence-corrected chi connectivity index (χ2v) is 7.53. The average molecular weight is 594 g/mol. The standard InChI is InChI=1S/C18HF19O/c19-5-1-3(7(21)11(25)9(5)23)14(38,16(30,31)18(35,36)37)4-2(6(20)10(24)12(26)8(4)22)13(1,27)15(28,29)17(32,33)34/h38H. The lowest BCUT2D eigenvalue weighted by atomic mass is 9.63. The summed E-state index contributed by atoms with van der Waals surface area (Å²) in [5, 5.41) is 10.2. The monoisotopic (exact) mass is 594 g/mol. The van der Waals surface area contributed by atoms with Gasteiger partial charge in [-0.15, -0.1) is 0 Å². The predicted molar refractivity (Wildman–Crippen MR) is 79.4 cm³/mol. The van der Waals surface area contributed by atoms with Gasteiger partial charge in [-0.2, -0.15) is 43.9 Å². The highest BCUT2D eigenvalue weighted by Gasteiger charge is 2.82. The normalized spacial score (nSPS) is 22.4. The number of alkyl halides is 11. The lowest BCUT2D eigenvalue weighted by Gasteiger charge is -2.48. The second-order valence-electron chi connectivity index (χ2n) is 7.53. The van der Waals surface area contributed by atoms with Gasteiger partial charge in [-0.1, -0.05) is 0 Å². The summed E-state index contributed by atoms with van der Waals surface area (Å²) in [6.07, 6.45) is -15.1. The molecule has 0 unspecified atom stereocenters. The predicted octanol–water partition coefficient (Wildman–Crippen LogP) is 6.96. The number of benzene rings is 2. The molecule has 2 aromatic rings. The van der Waals surface area contributed by atoms with Crippen LogP contribution in [0.4, 0.5) is 83.4 Å². The summed E-state index contributed by atoms with van der Waals surface area (Å²) in [7, 11) is 0. The van der Waals surface area contributed by atoms with E-state index in [-0.39, 0.29) is 0 Å². The number of aliphatic hydroxyl groups is 1. The fourth-order valence-electron chi connectivity index (χ4n) is 3.87. The smallest absolute Gasteiger partial charge is 0.374 e. The lowest BCUT2D eigenvalue weighted by Crippen LogP contribution is -2.64. The van der Waals surface area contributed by atoms with Crippen LogP contribution in [0.25, 0.3) is 0 Å². The molecular formula is C18HF19O. The molecule has 0 saturated heterocycles. The molecule has 0 bridgehead atoms. The highest BCUT2D eigenvalue weighted by atomic mass is 19.4. The summed E-state index contributed by atoms with van der Waals surface area (Å²) in [5.74, 6) is -45.9. The Morgan fingerprint density at radius 3 is 0.868 bits per heavy atom. The average Bonchev–Trinajstić information content (AvgIpc) is 2.77. The van der Waals surface area contributed by atoms with E-state index in [1.807, 2.05) is 0 Å². The van der Waals surface area contributed by atoms with Crippen LogP contribution in [0.2, 0.25) is 0 Å². The molecule has 1 aliphatic rings. The van der Waals surface area contributed by atoms with Crippen LogP contribution in [-0.2, 0) is 11.3 Å². The van der Waals surface area contributed by atoms with Gasteiger partial charge in [0.2, 0.25) is 5.67 Å². The molecule has 0 aromatic heterocycles. The van der Waals surface area contributed by atoms with Crippen molar-refractivity contribution in [3.05, 3.63) is 68.8 Å². The van der Waals surface area contributed by atoms with Crippen LogP contribution < -0.4 is 0 Å². The quantitative estimate of drug-likeness (QED) is 0.227. The Bertz CT molecular complexity index is 1180. The van der Waals surface area contributed by atoms with Crippen LogP contribution in [0.5, 0.6) is 0 Å². The molecule has 0 atom stereocenters. The van der Waals surface area contributed by atoms with E-state index in [1.54, 1.807) is 0 Å². The SMILES string of the molecule is OC1(C(F)(F)C(F)(F)F)c2c(F)c(F)c(F)c(F)c2C(F)(C(F)(F)C(F)(F)F)c2c(F)c(F)c(F)c(F)c21. The minimum absolute atomic E-state index is 3.68. The van der Waals surface area contributed by atoms with E-state index in [2.05, 4.69) is 0 Å². The van der Waals surface area contributed by atoms with Crippen molar-refractivity contribution in [3.8, 4) is 0 Å². The van der Waals surface area contributed by atoms with Crippen LogP contribution in [0.3, 0.4) is 0 Å². The minimum atomic E-state index is -7.70. The van der Waals surface area contributed by atoms with Crippen LogP contribution in [0, 0.1) is 46.5 Å². The molecule has 0 radical (unpaired) electrons. The second kappa shape index (κ2) is 7.81. The van der Waals surface area contributed by atoms with E-state index in [0.717, 1.165) is 0 Å². The minimum Gasteiger partial charge on any atom is -0.374 e. The van der Waals surface area contributed by atoms with Crippen molar-refractivity contribution in [1.29, 1.82) is 0 Å². The number of rotatable bonds is 2. The molecule has 1 aliphatic carbocycles. The Balaban J connectivity index is 2.92. The van der Waals surface area contributed by atoms with Gasteiger partial charge in [-0.3, -0.25) is 0 Å². The first-order chi connectivity index (χ1) is 16.8. The Morgan fingerprint density at radius 2 is 0.632 bits per heavy atom. The van der Waals surface area contributed by atoms with Crippen LogP contribution in [0.15, 0.2) is 0 Å². The van der Waals surface area contributed by atoms with Crippen molar-refractivity contribution in [1.82, 2.24) is 0 Å². The third-order valence-electron chi connectivity index (χ3n) is 5.55. The largest absolute Gasteiger partial charge is 0.457 e. The third kappa shape index (κ3) is 3.08. The molecule has 3 rings (SSSR count). The van der Waals surface area contributed by atoms with E-state index in [0.29, 0.717) is 0 Å². The van der Waals surface area contributed by atoms with Gasteiger partial charge in [0, 0.05) is 22.3 Å². The van der Waals surface area contributed by atoms with Crippen LogP contribution >= 0.6 is 0 Å². The van der Waals surface area contributed by atoms with Gasteiger partial charge in [0.05, 0.1) is 0 Å². The van der Waals surface area contributed by atoms with Crippen LogP contribution in [-0.4, -0.2) is 29.3 Å². The summed E-state index contributed by atoms with van der Waals surface area (Å²) >= 11 is 0. The zero-order valence-corrected chi connectivity index (χ0v) is 16.6. The van der Waals surface area contributed by atoms with Crippen molar-refractivity contribution in [3.63, 3.8) is 0 Å². The molecule has 1 N–H and O–H groups in total. The summed E-state index contributed by atoms with van der Waals surface area (Å²) in [5.41, 5.74) is -29.9. The summed E-state index contributed by atoms with van der Waals surface area (Å²) in [6, 6.07) is 0. The highest BCUT2D eigenvalue weighted by molar-refractivity contribution is 5.62. The summed E-state index contributed by atoms with van der Waals surface area (Å²) in [4.78, 5) is 0. The van der Waals surface area contributed by atoms with Crippen molar-refractivity contribution >= 4 is 0 Å². The molecule has 20 heteroatoms. The maximum atomic E-state index is 15.9. The van der Waals surface area contributed by atoms with Crippen molar-refractivity contribution < 1.29 is 88.5 Å². The topological polar surface area (TPSA) is 20.2 Å². The third-order valence-corrected chi connectivity index (χ3v) is 5.55. The van der Waals surface area contributed by atoms with E-state index < -0.39 is 104 Å². The lowest BCUT2D eigenvalue weighted by molar-refractivity contribution is -0.344. The van der Waals surface area contributed by atoms with E-state index in [9.17, 15) is 84.1 Å². The van der Waals surface area contributed by atoms with Crippen LogP contribution in [0.1, 0.15) is 22.3 Å². The van der Waals surface area contributed by atoms with Gasteiger partial charge >= 0.3 is 24.2 Å². The van der Waals surface area contributed by atoms with Gasteiger partial charge in [-0.25, -0.2) is 39.5 Å². The zero-order chi connectivity index (χ0) is 29.9. The maximum Gasteiger partial charge on any atom is 0.457 e. The van der Waals surface area contributed by atoms with Gasteiger partial charge in [0.1, 0.15) is 0 Å². The van der Waals surface area contributed by atoms with E-state index >= 15 is 4.39 Å². The molecule has 0 saturated carbocycles. The number of fused-ring (bicyclic) bond motifs is 2. The Hall–Kier alpha value is -2.93. The van der Waals surface area contributed by atoms with Gasteiger partial charge in [0.15, 0.2) is 52.1 Å². The number of hydrogen-bond acceptors (Lipinski definition) is 1. The molecule has 0 aliphatic heterocycles. The first kappa shape index (κ1) is 29.6. The molecular weight excluding hydrogens is 593 g/mol. The molecule has 0 fully saturated rings. The Kier molecular flexibility index (Phi) is 6.09. The van der Waals surface area contributed by atoms with E-state index in [4.69, 9.17) is 0 Å². The molecule has 212 valence electrons. The molecule has 0 spiro atoms. The van der Waals surface area contributed by atoms with Gasteiger partial charge in [0.25, 0.3) is 0 Å². The molecule has 0 amide bonds. The van der Waals surface area contributed by atoms with Gasteiger partial charge < -0.3 is 5.11 Å². The summed E-state index contributed by atoms with van der Waals surface area (Å²) < 4.78 is 266. The zero-order valence-electron chi connectivity index (χ0n) is 16.6. The fraction of sp³-hybridized carbons (Fsp3) is 0.333. The number of hydrogen-bond donors (Lipinski definition) is 1. The molecule has 1 nitrogen and oxygen atoms in total. The van der Waals surface area contributed by atoms with Crippen molar-refractivity contribution in [2.24, 2.45) is 0 Å². The molecule has 2 aromatic carbocycles. The summed E-state index contributed by atoms with van der Waals surface area (Å²) in [6.45, 7) is 0. The first-order valence-corrected chi connectivity index (χ1v) is 8.81. The van der Waals surface area contributed by atoms with E-state index in [1.165, 1.54) is 0 Å². The highest BCUT2D eigenvalue weighted by Crippen LogP contribution is 2.66. The Morgan fingerprint density at radius 1 is 0.395 bits per heavy atom. The molecule has 0 heterocycles. The van der Waals surface area contributed by atoms with Crippen molar-refractivity contribution in [2.45, 2.75) is 35.5 Å². The van der Waals surface area contributed by atoms with Gasteiger partial charge in [-0.05, 0) is 0 Å². The first-order valence-electron chi connectivity index (χ1n) is 8.81. The Labute approximate surface area is 194 Å². The van der Waals surface area contributed by atoms with Crippen molar-refractivity contribution in [2.75, 3.05) is 0 Å².